The molecule has 0 aliphatic carbocycles. The number of ether oxygens (including phenoxy) is 1. The zero-order valence-corrected chi connectivity index (χ0v) is 22.0. The molecule has 0 radical (unpaired) electrons. The SMILES string of the molecule is Cc1[nH]c(C=C2C(=O)Nc3ccc(CN4CCOC4=O)cc32)c(C)c1CN1CCN(C)CC1.Cl.Cl. The molecule has 2 aromatic rings. The Hall–Kier alpha value is -2.52. The molecule has 190 valence electrons. The number of cyclic esters (lactones) is 1. The summed E-state index contributed by atoms with van der Waals surface area (Å²) in [5.74, 6) is -0.102. The number of carbonyl (C=O) groups is 2. The number of likely N-dealkylation sites (N-methyl/N-ethyl adjacent to an activating group) is 1. The third kappa shape index (κ3) is 5.51. The van der Waals surface area contributed by atoms with Crippen LogP contribution in [0.4, 0.5) is 10.5 Å². The van der Waals surface area contributed by atoms with E-state index < -0.39 is 0 Å². The van der Waals surface area contributed by atoms with E-state index in [1.165, 1.54) is 11.1 Å². The molecule has 10 heteroatoms. The van der Waals surface area contributed by atoms with Gasteiger partial charge in [0.1, 0.15) is 6.61 Å². The van der Waals surface area contributed by atoms with Crippen molar-refractivity contribution in [1.29, 1.82) is 0 Å². The van der Waals surface area contributed by atoms with E-state index in [9.17, 15) is 9.59 Å². The highest BCUT2D eigenvalue weighted by molar-refractivity contribution is 6.34. The zero-order valence-electron chi connectivity index (χ0n) is 20.3. The van der Waals surface area contributed by atoms with E-state index in [0.29, 0.717) is 25.3 Å². The molecular formula is C25H33Cl2N5O3. The Kier molecular flexibility index (Phi) is 8.54. The van der Waals surface area contributed by atoms with Crippen LogP contribution in [-0.4, -0.2) is 78.1 Å². The molecule has 5 rings (SSSR count). The fourth-order valence-corrected chi connectivity index (χ4v) is 4.84. The van der Waals surface area contributed by atoms with Crippen molar-refractivity contribution in [2.45, 2.75) is 26.9 Å². The molecular weight excluding hydrogens is 489 g/mol. The van der Waals surface area contributed by atoms with Crippen molar-refractivity contribution < 1.29 is 14.3 Å². The van der Waals surface area contributed by atoms with Crippen LogP contribution in [0.1, 0.15) is 33.6 Å². The summed E-state index contributed by atoms with van der Waals surface area (Å²) in [5.41, 5.74) is 7.93. The number of aryl methyl sites for hydroxylation is 1. The van der Waals surface area contributed by atoms with E-state index in [1.54, 1.807) is 4.90 Å². The number of hydrogen-bond donors (Lipinski definition) is 2. The molecule has 1 aromatic heterocycles. The molecule has 0 spiro atoms. The maximum Gasteiger partial charge on any atom is 0.410 e. The van der Waals surface area contributed by atoms with E-state index in [0.717, 1.165) is 60.9 Å². The van der Waals surface area contributed by atoms with Gasteiger partial charge in [-0.05, 0) is 55.8 Å². The number of carbonyl (C=O) groups excluding carboxylic acids is 2. The van der Waals surface area contributed by atoms with E-state index in [-0.39, 0.29) is 36.8 Å². The Morgan fingerprint density at radius 3 is 2.46 bits per heavy atom. The number of anilines is 1. The standard InChI is InChI=1S/C25H31N5O3.2ClH/c1-16-21(15-29-8-6-28(3)7-9-29)17(2)26-23(16)13-20-19-12-18(4-5-22(19)27-24(20)31)14-30-10-11-33-25(30)32;;/h4-5,12-13,26H,6-11,14-15H2,1-3H3,(H,27,31);2*1H. The maximum atomic E-state index is 12.8. The van der Waals surface area contributed by atoms with E-state index >= 15 is 0 Å². The van der Waals surface area contributed by atoms with Gasteiger partial charge in [0.05, 0.1) is 12.1 Å². The number of piperazine rings is 1. The van der Waals surface area contributed by atoms with Crippen molar-refractivity contribution in [3.05, 3.63) is 51.8 Å². The smallest absolute Gasteiger partial charge is 0.410 e. The normalized spacial score (nSPS) is 19.3. The van der Waals surface area contributed by atoms with Gasteiger partial charge in [0.15, 0.2) is 0 Å². The second-order valence-electron chi connectivity index (χ2n) is 9.27. The molecule has 3 aliphatic rings. The van der Waals surface area contributed by atoms with Crippen molar-refractivity contribution in [1.82, 2.24) is 19.7 Å². The maximum absolute atomic E-state index is 12.8. The van der Waals surface area contributed by atoms with Gasteiger partial charge in [0.25, 0.3) is 5.91 Å². The molecule has 0 atom stereocenters. The van der Waals surface area contributed by atoms with Gasteiger partial charge in [-0.25, -0.2) is 4.79 Å². The van der Waals surface area contributed by atoms with Crippen LogP contribution < -0.4 is 5.32 Å². The van der Waals surface area contributed by atoms with Gasteiger partial charge >= 0.3 is 6.09 Å². The number of aromatic amines is 1. The molecule has 8 nitrogen and oxygen atoms in total. The lowest BCUT2D eigenvalue weighted by Crippen LogP contribution is -2.44. The summed E-state index contributed by atoms with van der Waals surface area (Å²) >= 11 is 0. The third-order valence-electron chi connectivity index (χ3n) is 6.98. The molecule has 3 aliphatic heterocycles. The second-order valence-corrected chi connectivity index (χ2v) is 9.27. The van der Waals surface area contributed by atoms with Crippen molar-refractivity contribution in [3.8, 4) is 0 Å². The quantitative estimate of drug-likeness (QED) is 0.586. The molecule has 2 N–H and O–H groups in total. The molecule has 0 unspecified atom stereocenters. The number of nitrogens with one attached hydrogen (secondary N) is 2. The van der Waals surface area contributed by atoms with Gasteiger partial charge in [-0.3, -0.25) is 9.69 Å². The molecule has 1 aromatic carbocycles. The van der Waals surface area contributed by atoms with Crippen molar-refractivity contribution >= 4 is 54.2 Å². The van der Waals surface area contributed by atoms with Gasteiger partial charge < -0.3 is 24.8 Å². The summed E-state index contributed by atoms with van der Waals surface area (Å²) in [5, 5.41) is 2.97. The van der Waals surface area contributed by atoms with Crippen molar-refractivity contribution in [3.63, 3.8) is 0 Å². The minimum Gasteiger partial charge on any atom is -0.448 e. The predicted molar refractivity (Wildman–Crippen MR) is 142 cm³/mol. The molecule has 35 heavy (non-hydrogen) atoms. The topological polar surface area (TPSA) is 80.9 Å². The van der Waals surface area contributed by atoms with Crippen molar-refractivity contribution in [2.24, 2.45) is 0 Å². The second kappa shape index (κ2) is 11.0. The fraction of sp³-hybridized carbons (Fsp3) is 0.440. The highest BCUT2D eigenvalue weighted by atomic mass is 35.5. The lowest BCUT2D eigenvalue weighted by Gasteiger charge is -2.32. The molecule has 4 heterocycles. The Balaban J connectivity index is 0.00000171. The summed E-state index contributed by atoms with van der Waals surface area (Å²) in [7, 11) is 2.17. The first kappa shape index (κ1) is 27.1. The number of aromatic nitrogens is 1. The zero-order chi connectivity index (χ0) is 23.1. The Bertz CT molecular complexity index is 1140. The monoisotopic (exact) mass is 521 g/mol. The highest BCUT2D eigenvalue weighted by Crippen LogP contribution is 2.35. The van der Waals surface area contributed by atoms with E-state index in [1.807, 2.05) is 24.3 Å². The molecule has 0 saturated carbocycles. The van der Waals surface area contributed by atoms with Crippen LogP contribution in [0.25, 0.3) is 11.6 Å². The molecule has 2 saturated heterocycles. The summed E-state index contributed by atoms with van der Waals surface area (Å²) in [6.07, 6.45) is 1.68. The number of hydrogen-bond acceptors (Lipinski definition) is 5. The van der Waals surface area contributed by atoms with E-state index in [4.69, 9.17) is 4.74 Å². The first-order chi connectivity index (χ1) is 15.9. The number of H-pyrrole nitrogens is 1. The predicted octanol–water partition coefficient (Wildman–Crippen LogP) is 3.67. The Labute approximate surface area is 218 Å². The average molecular weight is 522 g/mol. The van der Waals surface area contributed by atoms with Crippen LogP contribution in [0.15, 0.2) is 18.2 Å². The van der Waals surface area contributed by atoms with Crippen LogP contribution in [0.3, 0.4) is 0 Å². The third-order valence-corrected chi connectivity index (χ3v) is 6.98. The van der Waals surface area contributed by atoms with Crippen LogP contribution in [0.2, 0.25) is 0 Å². The van der Waals surface area contributed by atoms with Crippen LogP contribution in [0.5, 0.6) is 0 Å². The lowest BCUT2D eigenvalue weighted by molar-refractivity contribution is -0.110. The summed E-state index contributed by atoms with van der Waals surface area (Å²) in [6.45, 7) is 11.0. The number of fused-ring (bicyclic) bond motifs is 1. The van der Waals surface area contributed by atoms with Gasteiger partial charge in [0.2, 0.25) is 0 Å². The van der Waals surface area contributed by atoms with Gasteiger partial charge in [0, 0.05) is 61.9 Å². The van der Waals surface area contributed by atoms with E-state index in [2.05, 4.69) is 41.0 Å². The average Bonchev–Trinajstić information content (AvgIpc) is 3.42. The van der Waals surface area contributed by atoms with Crippen molar-refractivity contribution in [2.75, 3.05) is 51.7 Å². The Morgan fingerprint density at radius 2 is 1.77 bits per heavy atom. The van der Waals surface area contributed by atoms with Crippen LogP contribution >= 0.6 is 24.8 Å². The lowest BCUT2D eigenvalue weighted by atomic mass is 10.0. The number of nitrogens with zero attached hydrogens (tertiary/aromatic N) is 3. The molecule has 0 bridgehead atoms. The number of halogens is 2. The first-order valence-corrected chi connectivity index (χ1v) is 11.6. The first-order valence-electron chi connectivity index (χ1n) is 11.6. The van der Waals surface area contributed by atoms with Crippen LogP contribution in [-0.2, 0) is 22.6 Å². The number of benzene rings is 1. The largest absolute Gasteiger partial charge is 0.448 e. The minimum absolute atomic E-state index is 0. The summed E-state index contributed by atoms with van der Waals surface area (Å²) in [4.78, 5) is 34.7. The number of amides is 2. The number of rotatable bonds is 5. The Morgan fingerprint density at radius 1 is 1.03 bits per heavy atom. The molecule has 2 fully saturated rings. The molecule has 2 amide bonds. The van der Waals surface area contributed by atoms with Gasteiger partial charge in [-0.15, -0.1) is 24.8 Å². The summed E-state index contributed by atoms with van der Waals surface area (Å²) < 4.78 is 5.03. The van der Waals surface area contributed by atoms with Gasteiger partial charge in [-0.2, -0.15) is 0 Å². The van der Waals surface area contributed by atoms with Gasteiger partial charge in [-0.1, -0.05) is 6.07 Å². The summed E-state index contributed by atoms with van der Waals surface area (Å²) in [6, 6.07) is 5.86. The fourth-order valence-electron chi connectivity index (χ4n) is 4.84. The minimum atomic E-state index is -0.286. The van der Waals surface area contributed by atoms with Crippen LogP contribution in [0, 0.1) is 13.8 Å². The highest BCUT2D eigenvalue weighted by Gasteiger charge is 2.27.